The Hall–Kier alpha value is -4.26. The van der Waals surface area contributed by atoms with E-state index in [9.17, 15) is 14.4 Å². The Morgan fingerprint density at radius 3 is 2.27 bits per heavy atom. The lowest BCUT2D eigenvalue weighted by atomic mass is 9.82. The van der Waals surface area contributed by atoms with Crippen molar-refractivity contribution in [1.29, 1.82) is 0 Å². The highest BCUT2D eigenvalue weighted by Gasteiger charge is 2.32. The number of hydrazone groups is 1. The molecule has 0 saturated carbocycles. The van der Waals surface area contributed by atoms with Crippen LogP contribution in [0.15, 0.2) is 65.8 Å². The molecule has 7 heteroatoms. The number of benzene rings is 3. The van der Waals surface area contributed by atoms with Gasteiger partial charge >= 0.3 is 0 Å². The van der Waals surface area contributed by atoms with Gasteiger partial charge in [-0.2, -0.15) is 5.10 Å². The van der Waals surface area contributed by atoms with Gasteiger partial charge in [0.1, 0.15) is 5.75 Å². The second-order valence-electron chi connectivity index (χ2n) is 6.63. The molecule has 0 bridgehead atoms. The van der Waals surface area contributed by atoms with Crippen molar-refractivity contribution in [3.05, 3.63) is 94.0 Å². The molecule has 0 spiro atoms. The average Bonchev–Trinajstić information content (AvgIpc) is 2.77. The summed E-state index contributed by atoms with van der Waals surface area (Å²) in [5, 5.41) is 3.92. The first-order valence-electron chi connectivity index (χ1n) is 9.09. The number of hydrogen-bond donors (Lipinski definition) is 2. The van der Waals surface area contributed by atoms with E-state index in [0.717, 1.165) is 5.56 Å². The number of methoxy groups -OCH3 is 1. The molecule has 1 aliphatic carbocycles. The van der Waals surface area contributed by atoms with Gasteiger partial charge in [-0.05, 0) is 42.0 Å². The molecular formula is C23H17N3O4. The minimum atomic E-state index is -0.584. The number of hydrogen-bond acceptors (Lipinski definition) is 6. The molecule has 0 radical (unpaired) electrons. The van der Waals surface area contributed by atoms with Crippen LogP contribution in [-0.4, -0.2) is 30.8 Å². The number of carbonyl (C=O) groups excluding carboxylic acids is 3. The molecule has 0 fully saturated rings. The summed E-state index contributed by atoms with van der Waals surface area (Å²) in [6.45, 7) is 0. The number of carbonyl (C=O) groups is 3. The van der Waals surface area contributed by atoms with Crippen LogP contribution >= 0.6 is 0 Å². The smallest absolute Gasteiger partial charge is 0.273 e. The molecule has 0 heterocycles. The van der Waals surface area contributed by atoms with Crippen molar-refractivity contribution in [2.24, 2.45) is 5.10 Å². The Balaban J connectivity index is 1.60. The lowest BCUT2D eigenvalue weighted by Gasteiger charge is -2.20. The number of nitrogens with one attached hydrogen (secondary N) is 1. The van der Waals surface area contributed by atoms with Crippen LogP contribution in [0.5, 0.6) is 5.75 Å². The van der Waals surface area contributed by atoms with E-state index in [-0.39, 0.29) is 39.5 Å². The summed E-state index contributed by atoms with van der Waals surface area (Å²) in [6, 6.07) is 16.5. The van der Waals surface area contributed by atoms with Gasteiger partial charge in [-0.15, -0.1) is 0 Å². The SMILES string of the molecule is COc1ccc(/C=N/NC(=O)c2ccc3c(c2N)C(=O)c2ccccc2C3=O)cc1. The van der Waals surface area contributed by atoms with E-state index in [1.807, 2.05) is 0 Å². The van der Waals surface area contributed by atoms with Crippen LogP contribution < -0.4 is 15.9 Å². The van der Waals surface area contributed by atoms with E-state index in [4.69, 9.17) is 10.5 Å². The first-order chi connectivity index (χ1) is 14.5. The van der Waals surface area contributed by atoms with Crippen LogP contribution in [-0.2, 0) is 0 Å². The summed E-state index contributed by atoms with van der Waals surface area (Å²) in [7, 11) is 1.57. The fourth-order valence-electron chi connectivity index (χ4n) is 3.33. The van der Waals surface area contributed by atoms with Crippen LogP contribution in [0.4, 0.5) is 5.69 Å². The van der Waals surface area contributed by atoms with Crippen molar-refractivity contribution in [1.82, 2.24) is 5.43 Å². The number of rotatable bonds is 4. The minimum Gasteiger partial charge on any atom is -0.497 e. The van der Waals surface area contributed by atoms with Crippen molar-refractivity contribution in [2.45, 2.75) is 0 Å². The highest BCUT2D eigenvalue weighted by molar-refractivity contribution is 6.30. The number of amides is 1. The molecule has 3 aromatic carbocycles. The molecule has 3 aromatic rings. The molecule has 0 unspecified atom stereocenters. The molecular weight excluding hydrogens is 382 g/mol. The van der Waals surface area contributed by atoms with Gasteiger partial charge in [0.05, 0.1) is 30.1 Å². The van der Waals surface area contributed by atoms with Crippen molar-refractivity contribution in [2.75, 3.05) is 12.8 Å². The fraction of sp³-hybridized carbons (Fsp3) is 0.0435. The fourth-order valence-corrected chi connectivity index (χ4v) is 3.33. The summed E-state index contributed by atoms with van der Waals surface area (Å²) in [5.41, 5.74) is 10.1. The zero-order chi connectivity index (χ0) is 21.3. The number of nitrogens with two attached hydrogens (primary N) is 1. The highest BCUT2D eigenvalue weighted by Crippen LogP contribution is 2.32. The zero-order valence-electron chi connectivity index (χ0n) is 16.0. The standard InChI is InChI=1S/C23H17N3O4/c1-30-14-8-6-13(7-9-14)12-25-26-23(29)18-11-10-17-19(20(18)24)22(28)16-5-3-2-4-15(16)21(17)27/h2-12H,24H2,1H3,(H,26,29)/b25-12+. The normalized spacial score (nSPS) is 12.4. The Morgan fingerprint density at radius 1 is 0.933 bits per heavy atom. The molecule has 1 amide bonds. The molecule has 4 rings (SSSR count). The second-order valence-corrected chi connectivity index (χ2v) is 6.63. The molecule has 0 atom stereocenters. The molecule has 0 aromatic heterocycles. The Morgan fingerprint density at radius 2 is 1.60 bits per heavy atom. The first kappa shape index (κ1) is 19.1. The molecule has 0 saturated heterocycles. The zero-order valence-corrected chi connectivity index (χ0v) is 16.0. The van der Waals surface area contributed by atoms with Crippen molar-refractivity contribution >= 4 is 29.4 Å². The number of anilines is 1. The van der Waals surface area contributed by atoms with Gasteiger partial charge in [0, 0.05) is 16.7 Å². The predicted octanol–water partition coefficient (Wildman–Crippen LogP) is 2.82. The average molecular weight is 399 g/mol. The van der Waals surface area contributed by atoms with Gasteiger partial charge < -0.3 is 10.5 Å². The van der Waals surface area contributed by atoms with Crippen LogP contribution in [0.25, 0.3) is 0 Å². The Kier molecular flexibility index (Phi) is 4.85. The van der Waals surface area contributed by atoms with Gasteiger partial charge in [0.25, 0.3) is 5.91 Å². The lowest BCUT2D eigenvalue weighted by Crippen LogP contribution is -2.25. The number of nitrogens with zero attached hydrogens (tertiary/aromatic N) is 1. The third kappa shape index (κ3) is 3.22. The number of nitrogen functional groups attached to an aromatic ring is 1. The van der Waals surface area contributed by atoms with Crippen LogP contribution in [0, 0.1) is 0 Å². The van der Waals surface area contributed by atoms with E-state index in [2.05, 4.69) is 10.5 Å². The molecule has 3 N–H and O–H groups in total. The monoisotopic (exact) mass is 399 g/mol. The van der Waals surface area contributed by atoms with E-state index in [1.54, 1.807) is 55.6 Å². The minimum absolute atomic E-state index is 0.0440. The van der Waals surface area contributed by atoms with Crippen LogP contribution in [0.1, 0.15) is 47.8 Å². The van der Waals surface area contributed by atoms with Crippen molar-refractivity contribution in [3.8, 4) is 5.75 Å². The maximum Gasteiger partial charge on any atom is 0.273 e. The summed E-state index contributed by atoms with van der Waals surface area (Å²) in [6.07, 6.45) is 1.47. The Bertz CT molecular complexity index is 1210. The Labute approximate surface area is 172 Å². The topological polar surface area (TPSA) is 111 Å². The highest BCUT2D eigenvalue weighted by atomic mass is 16.5. The maximum atomic E-state index is 12.9. The molecule has 1 aliphatic rings. The second kappa shape index (κ2) is 7.63. The third-order valence-electron chi connectivity index (χ3n) is 4.87. The molecule has 30 heavy (non-hydrogen) atoms. The molecule has 148 valence electrons. The molecule has 7 nitrogen and oxygen atoms in total. The number of ketones is 2. The van der Waals surface area contributed by atoms with Gasteiger partial charge in [-0.3, -0.25) is 14.4 Å². The van der Waals surface area contributed by atoms with E-state index in [0.29, 0.717) is 11.3 Å². The van der Waals surface area contributed by atoms with Gasteiger partial charge in [-0.1, -0.05) is 24.3 Å². The quantitative estimate of drug-likeness (QED) is 0.311. The van der Waals surface area contributed by atoms with E-state index in [1.165, 1.54) is 18.3 Å². The van der Waals surface area contributed by atoms with Gasteiger partial charge in [-0.25, -0.2) is 5.43 Å². The maximum absolute atomic E-state index is 12.9. The molecule has 0 aliphatic heterocycles. The summed E-state index contributed by atoms with van der Waals surface area (Å²) < 4.78 is 5.09. The first-order valence-corrected chi connectivity index (χ1v) is 9.09. The predicted molar refractivity (Wildman–Crippen MR) is 112 cm³/mol. The van der Waals surface area contributed by atoms with E-state index < -0.39 is 5.91 Å². The van der Waals surface area contributed by atoms with Crippen LogP contribution in [0.3, 0.4) is 0 Å². The van der Waals surface area contributed by atoms with Crippen molar-refractivity contribution < 1.29 is 19.1 Å². The lowest BCUT2D eigenvalue weighted by molar-refractivity contribution is 0.0953. The number of ether oxygens (including phenoxy) is 1. The number of fused-ring (bicyclic) bond motifs is 2. The van der Waals surface area contributed by atoms with Crippen LogP contribution in [0.2, 0.25) is 0 Å². The van der Waals surface area contributed by atoms with Crippen molar-refractivity contribution in [3.63, 3.8) is 0 Å². The third-order valence-corrected chi connectivity index (χ3v) is 4.87. The van der Waals surface area contributed by atoms with E-state index >= 15 is 0 Å². The van der Waals surface area contributed by atoms with Gasteiger partial charge in [0.2, 0.25) is 0 Å². The summed E-state index contributed by atoms with van der Waals surface area (Å²) in [5.74, 6) is -0.552. The summed E-state index contributed by atoms with van der Waals surface area (Å²) in [4.78, 5) is 38.2. The summed E-state index contributed by atoms with van der Waals surface area (Å²) >= 11 is 0. The largest absolute Gasteiger partial charge is 0.497 e. The van der Waals surface area contributed by atoms with Gasteiger partial charge in [0.15, 0.2) is 11.6 Å².